The van der Waals surface area contributed by atoms with Crippen molar-refractivity contribution >= 4 is 6.21 Å². The highest BCUT2D eigenvalue weighted by Gasteiger charge is 2.27. The van der Waals surface area contributed by atoms with Gasteiger partial charge in [-0.1, -0.05) is 97.1 Å². The highest BCUT2D eigenvalue weighted by atomic mass is 15.0. The molecule has 0 radical (unpaired) electrons. The van der Waals surface area contributed by atoms with Crippen LogP contribution in [0.1, 0.15) is 150 Å². The van der Waals surface area contributed by atoms with Gasteiger partial charge in [-0.25, -0.2) is 0 Å². The Balaban J connectivity index is 4.21. The molecule has 2 heteroatoms. The normalized spacial score (nSPS) is 13.2. The van der Waals surface area contributed by atoms with Gasteiger partial charge in [0.05, 0.1) is 0 Å². The van der Waals surface area contributed by atoms with Gasteiger partial charge in [-0.2, -0.15) is 0 Å². The first-order chi connectivity index (χ1) is 15.3. The minimum absolute atomic E-state index is 0.208. The summed E-state index contributed by atoms with van der Waals surface area (Å²) in [6.45, 7) is 17.5. The van der Waals surface area contributed by atoms with Crippen molar-refractivity contribution in [2.75, 3.05) is 0 Å². The van der Waals surface area contributed by atoms with Crippen LogP contribution >= 0.6 is 0 Å². The van der Waals surface area contributed by atoms with Crippen LogP contribution in [0.15, 0.2) is 24.4 Å². The second-order valence-electron chi connectivity index (χ2n) is 10.7. The molecule has 32 heavy (non-hydrogen) atoms. The molecule has 1 unspecified atom stereocenters. The highest BCUT2D eigenvalue weighted by molar-refractivity contribution is 5.52. The lowest BCUT2D eigenvalue weighted by molar-refractivity contribution is 0.270. The van der Waals surface area contributed by atoms with Crippen molar-refractivity contribution in [2.45, 2.75) is 155 Å². The van der Waals surface area contributed by atoms with E-state index in [0.717, 1.165) is 25.2 Å². The number of unbranched alkanes of at least 4 members (excludes halogenated alkanes) is 10. The summed E-state index contributed by atoms with van der Waals surface area (Å²) in [4.78, 5) is 0. The van der Waals surface area contributed by atoms with Gasteiger partial charge in [0.25, 0.3) is 0 Å². The summed E-state index contributed by atoms with van der Waals surface area (Å²) in [5.74, 6) is 0.804. The molecule has 0 saturated carbocycles. The van der Waals surface area contributed by atoms with Crippen LogP contribution in [0.2, 0.25) is 0 Å². The van der Waals surface area contributed by atoms with E-state index >= 15 is 0 Å². The number of hydrogen-bond donors (Lipinski definition) is 2. The summed E-state index contributed by atoms with van der Waals surface area (Å²) < 4.78 is 0. The van der Waals surface area contributed by atoms with Crippen molar-refractivity contribution in [3.05, 3.63) is 24.4 Å². The second-order valence-corrected chi connectivity index (χ2v) is 10.7. The molecule has 0 amide bonds. The van der Waals surface area contributed by atoms with Gasteiger partial charge in [-0.15, -0.1) is 6.58 Å². The first kappa shape index (κ1) is 30.9. The third kappa shape index (κ3) is 18.5. The zero-order valence-corrected chi connectivity index (χ0v) is 22.5. The van der Waals surface area contributed by atoms with Crippen LogP contribution < -0.4 is 5.32 Å². The molecule has 0 bridgehead atoms. The van der Waals surface area contributed by atoms with Crippen LogP contribution in [-0.4, -0.2) is 11.8 Å². The van der Waals surface area contributed by atoms with Crippen molar-refractivity contribution in [3.8, 4) is 0 Å². The van der Waals surface area contributed by atoms with E-state index in [4.69, 9.17) is 5.41 Å². The third-order valence-electron chi connectivity index (χ3n) is 6.89. The molecule has 2 N–H and O–H groups in total. The molecule has 1 atom stereocenters. The van der Waals surface area contributed by atoms with E-state index in [1.807, 2.05) is 0 Å². The van der Waals surface area contributed by atoms with Gasteiger partial charge in [0.15, 0.2) is 0 Å². The maximum Gasteiger partial charge on any atom is 0.0368 e. The van der Waals surface area contributed by atoms with Crippen LogP contribution in [0.4, 0.5) is 0 Å². The molecule has 0 aliphatic heterocycles. The number of hydrogen-bond acceptors (Lipinski definition) is 2. The zero-order chi connectivity index (χ0) is 24.1. The Morgan fingerprint density at radius 3 is 1.84 bits per heavy atom. The van der Waals surface area contributed by atoms with Crippen LogP contribution in [0.5, 0.6) is 0 Å². The molecule has 0 aromatic rings. The summed E-state index contributed by atoms with van der Waals surface area (Å²) in [6, 6.07) is 0. The van der Waals surface area contributed by atoms with Gasteiger partial charge in [0.1, 0.15) is 0 Å². The summed E-state index contributed by atoms with van der Waals surface area (Å²) in [5, 5.41) is 11.2. The molecule has 0 heterocycles. The summed E-state index contributed by atoms with van der Waals surface area (Å²) in [6.07, 6.45) is 25.6. The average molecular weight is 447 g/mol. The van der Waals surface area contributed by atoms with E-state index in [0.29, 0.717) is 0 Å². The molecule has 0 aromatic carbocycles. The van der Waals surface area contributed by atoms with Crippen LogP contribution in [-0.2, 0) is 0 Å². The van der Waals surface area contributed by atoms with E-state index in [1.54, 1.807) is 6.21 Å². The van der Waals surface area contributed by atoms with Crippen molar-refractivity contribution in [1.29, 1.82) is 5.41 Å². The minimum atomic E-state index is 0.208. The van der Waals surface area contributed by atoms with Gasteiger partial charge < -0.3 is 10.7 Å². The van der Waals surface area contributed by atoms with E-state index in [-0.39, 0.29) is 5.54 Å². The van der Waals surface area contributed by atoms with Gasteiger partial charge in [-0.05, 0) is 76.8 Å². The minimum Gasteiger partial charge on any atom is -0.383 e. The summed E-state index contributed by atoms with van der Waals surface area (Å²) >= 11 is 0. The van der Waals surface area contributed by atoms with Crippen molar-refractivity contribution in [3.63, 3.8) is 0 Å². The Morgan fingerprint density at radius 2 is 1.34 bits per heavy atom. The molecule has 0 fully saturated rings. The lowest BCUT2D eigenvalue weighted by Gasteiger charge is -2.36. The molecular formula is C30H58N2. The fraction of sp³-hybridized carbons (Fsp3) is 0.833. The number of allylic oxidation sites excluding steroid dienone is 2. The predicted molar refractivity (Wildman–Crippen MR) is 147 cm³/mol. The number of nitrogens with one attached hydrogen (secondary N) is 2. The van der Waals surface area contributed by atoms with Gasteiger partial charge in [-0.3, -0.25) is 0 Å². The van der Waals surface area contributed by atoms with Crippen molar-refractivity contribution in [2.24, 2.45) is 5.92 Å². The Morgan fingerprint density at radius 1 is 0.812 bits per heavy atom. The van der Waals surface area contributed by atoms with Gasteiger partial charge in [0, 0.05) is 11.2 Å². The standard InChI is InChI=1S/C30H58N2/c1-7-30(24-18-14-20-26-31,25-19-17-22-28(4)5)32-29(6)23-16-13-11-9-8-10-12-15-21-27(2)3/h26,28,31-32H,2,6-25H2,1,3-5H3. The van der Waals surface area contributed by atoms with E-state index in [1.165, 1.54) is 114 Å². The monoisotopic (exact) mass is 446 g/mol. The summed E-state index contributed by atoms with van der Waals surface area (Å²) in [5.41, 5.74) is 2.79. The second kappa shape index (κ2) is 20.5. The molecule has 0 rings (SSSR count). The fourth-order valence-corrected chi connectivity index (χ4v) is 4.68. The molecule has 0 aliphatic rings. The Kier molecular flexibility index (Phi) is 19.9. The van der Waals surface area contributed by atoms with E-state index in [9.17, 15) is 0 Å². The Bertz CT molecular complexity index is 479. The van der Waals surface area contributed by atoms with Crippen molar-refractivity contribution in [1.82, 2.24) is 5.32 Å². The van der Waals surface area contributed by atoms with Crippen molar-refractivity contribution < 1.29 is 0 Å². The number of rotatable bonds is 24. The quantitative estimate of drug-likeness (QED) is 0.0863. The van der Waals surface area contributed by atoms with E-state index < -0.39 is 0 Å². The molecule has 0 saturated heterocycles. The van der Waals surface area contributed by atoms with Crippen LogP contribution in [0.25, 0.3) is 0 Å². The molecule has 0 aliphatic carbocycles. The van der Waals surface area contributed by atoms with Crippen LogP contribution in [0.3, 0.4) is 0 Å². The van der Waals surface area contributed by atoms with Gasteiger partial charge in [0.2, 0.25) is 0 Å². The summed E-state index contributed by atoms with van der Waals surface area (Å²) in [7, 11) is 0. The predicted octanol–water partition coefficient (Wildman–Crippen LogP) is 10.1. The lowest BCUT2D eigenvalue weighted by atomic mass is 9.83. The smallest absolute Gasteiger partial charge is 0.0368 e. The Labute approximate surface area is 202 Å². The lowest BCUT2D eigenvalue weighted by Crippen LogP contribution is -2.44. The zero-order valence-electron chi connectivity index (χ0n) is 22.5. The molecule has 0 aromatic heterocycles. The maximum atomic E-state index is 7.29. The molecule has 0 spiro atoms. The fourth-order valence-electron chi connectivity index (χ4n) is 4.68. The molecular weight excluding hydrogens is 388 g/mol. The molecule has 2 nitrogen and oxygen atoms in total. The first-order valence-corrected chi connectivity index (χ1v) is 13.9. The largest absolute Gasteiger partial charge is 0.383 e. The van der Waals surface area contributed by atoms with Crippen LogP contribution in [0, 0.1) is 11.3 Å². The maximum absolute atomic E-state index is 7.29. The molecule has 188 valence electrons. The Hall–Kier alpha value is -1.05. The average Bonchev–Trinajstić information content (AvgIpc) is 2.75. The first-order valence-electron chi connectivity index (χ1n) is 13.9. The van der Waals surface area contributed by atoms with E-state index in [2.05, 4.69) is 46.2 Å². The SMILES string of the molecule is C=C(C)CCCCCCCCCCC(=C)NC(CC)(CCCCC=N)CCCCC(C)C. The third-order valence-corrected chi connectivity index (χ3v) is 6.89. The topological polar surface area (TPSA) is 35.9 Å². The highest BCUT2D eigenvalue weighted by Crippen LogP contribution is 2.28. The van der Waals surface area contributed by atoms with Gasteiger partial charge >= 0.3 is 0 Å².